The second-order valence-corrected chi connectivity index (χ2v) is 8.25. The van der Waals surface area contributed by atoms with Gasteiger partial charge in [-0.25, -0.2) is 8.42 Å². The highest BCUT2D eigenvalue weighted by Gasteiger charge is 2.33. The summed E-state index contributed by atoms with van der Waals surface area (Å²) in [5, 5.41) is 2.94. The predicted octanol–water partition coefficient (Wildman–Crippen LogP) is 1.55. The van der Waals surface area contributed by atoms with Crippen LogP contribution in [0.15, 0.2) is 30.4 Å². The van der Waals surface area contributed by atoms with E-state index in [1.54, 1.807) is 12.2 Å². The third kappa shape index (κ3) is 3.33. The molecule has 1 N–H and O–H groups in total. The van der Waals surface area contributed by atoms with Gasteiger partial charge >= 0.3 is 0 Å². The zero-order chi connectivity index (χ0) is 16.6. The Bertz CT molecular complexity index is 755. The van der Waals surface area contributed by atoms with Crippen LogP contribution >= 0.6 is 0 Å². The number of nitrogens with one attached hydrogen (secondary N) is 1. The summed E-state index contributed by atoms with van der Waals surface area (Å²) in [5.74, 6) is -0.280. The maximum absolute atomic E-state index is 12.5. The lowest BCUT2D eigenvalue weighted by atomic mass is 10.0. The highest BCUT2D eigenvalue weighted by atomic mass is 32.2. The quantitative estimate of drug-likeness (QED) is 0.850. The molecule has 2 aliphatic rings. The van der Waals surface area contributed by atoms with Crippen molar-refractivity contribution >= 4 is 15.9 Å². The van der Waals surface area contributed by atoms with Gasteiger partial charge in [0, 0.05) is 6.54 Å². The lowest BCUT2D eigenvalue weighted by molar-refractivity contribution is -0.123. The summed E-state index contributed by atoms with van der Waals surface area (Å²) in [6.45, 7) is 2.18. The van der Waals surface area contributed by atoms with Crippen molar-refractivity contribution in [2.75, 3.05) is 12.8 Å². The maximum atomic E-state index is 12.5. The van der Waals surface area contributed by atoms with Gasteiger partial charge in [0.25, 0.3) is 0 Å². The molecule has 0 aromatic heterocycles. The van der Waals surface area contributed by atoms with Crippen LogP contribution in [0.4, 0.5) is 0 Å². The second kappa shape index (κ2) is 6.09. The summed E-state index contributed by atoms with van der Waals surface area (Å²) in [4.78, 5) is 12.5. The number of nitrogens with zero attached hydrogens (tertiary/aromatic N) is 1. The fraction of sp³-hybridized carbons (Fsp3) is 0.471. The van der Waals surface area contributed by atoms with Crippen LogP contribution in [0.3, 0.4) is 0 Å². The topological polar surface area (TPSA) is 66.5 Å². The number of rotatable bonds is 4. The van der Waals surface area contributed by atoms with Crippen molar-refractivity contribution in [2.45, 2.75) is 38.3 Å². The SMILES string of the molecule is C[C@H](NC(=O)[C@@H]1C=CCN1S(C)(=O)=O)c1ccc2c(c1)CCC2. The first-order valence-corrected chi connectivity index (χ1v) is 9.76. The molecule has 0 bridgehead atoms. The van der Waals surface area contributed by atoms with Crippen LogP contribution in [0.25, 0.3) is 0 Å². The minimum Gasteiger partial charge on any atom is -0.348 e. The Kier molecular flexibility index (Phi) is 4.29. The summed E-state index contributed by atoms with van der Waals surface area (Å²) in [6, 6.07) is 5.45. The molecule has 3 rings (SSSR count). The standard InChI is InChI=1S/C17H22N2O3S/c1-12(14-9-8-13-5-3-6-15(13)11-14)18-17(20)16-7-4-10-19(16)23(2,21)22/h4,7-9,11-12,16H,3,5-6,10H2,1-2H3,(H,18,20)/t12-,16-/m0/s1. The fourth-order valence-corrected chi connectivity index (χ4v) is 4.24. The Hall–Kier alpha value is -1.66. The van der Waals surface area contributed by atoms with Crippen molar-refractivity contribution in [2.24, 2.45) is 0 Å². The number of carbonyl (C=O) groups excluding carboxylic acids is 1. The lowest BCUT2D eigenvalue weighted by Gasteiger charge is -2.23. The molecule has 5 nitrogen and oxygen atoms in total. The van der Waals surface area contributed by atoms with E-state index in [4.69, 9.17) is 0 Å². The van der Waals surface area contributed by atoms with Crippen LogP contribution in [0.2, 0.25) is 0 Å². The summed E-state index contributed by atoms with van der Waals surface area (Å²) in [7, 11) is -3.40. The molecule has 0 fully saturated rings. The molecular weight excluding hydrogens is 312 g/mol. The number of sulfonamides is 1. The number of aryl methyl sites for hydroxylation is 2. The van der Waals surface area contributed by atoms with E-state index in [0.29, 0.717) is 0 Å². The third-order valence-electron chi connectivity index (χ3n) is 4.59. The van der Waals surface area contributed by atoms with Gasteiger partial charge < -0.3 is 5.32 Å². The number of hydrogen-bond donors (Lipinski definition) is 1. The summed E-state index contributed by atoms with van der Waals surface area (Å²) in [5.41, 5.74) is 3.82. The highest BCUT2D eigenvalue weighted by molar-refractivity contribution is 7.88. The molecule has 1 aliphatic carbocycles. The average molecular weight is 334 g/mol. The van der Waals surface area contributed by atoms with Gasteiger partial charge in [0.2, 0.25) is 15.9 Å². The van der Waals surface area contributed by atoms with Gasteiger partial charge in [-0.15, -0.1) is 0 Å². The molecule has 1 amide bonds. The molecule has 23 heavy (non-hydrogen) atoms. The van der Waals surface area contributed by atoms with E-state index in [2.05, 4.69) is 17.4 Å². The minimum absolute atomic E-state index is 0.149. The number of hydrogen-bond acceptors (Lipinski definition) is 3. The zero-order valence-electron chi connectivity index (χ0n) is 13.5. The molecule has 1 aromatic rings. The first kappa shape index (κ1) is 16.2. The van der Waals surface area contributed by atoms with Gasteiger partial charge in [-0.05, 0) is 42.9 Å². The van der Waals surface area contributed by atoms with Crippen molar-refractivity contribution < 1.29 is 13.2 Å². The van der Waals surface area contributed by atoms with Gasteiger partial charge in [-0.1, -0.05) is 30.4 Å². The van der Waals surface area contributed by atoms with Crippen LogP contribution in [0.1, 0.15) is 36.1 Å². The smallest absolute Gasteiger partial charge is 0.242 e. The van der Waals surface area contributed by atoms with E-state index in [-0.39, 0.29) is 18.5 Å². The summed E-state index contributed by atoms with van der Waals surface area (Å²) >= 11 is 0. The van der Waals surface area contributed by atoms with E-state index in [1.807, 2.05) is 13.0 Å². The van der Waals surface area contributed by atoms with Gasteiger partial charge in [-0.3, -0.25) is 4.79 Å². The molecule has 124 valence electrons. The number of amides is 1. The Balaban J connectivity index is 1.71. The van der Waals surface area contributed by atoms with Crippen molar-refractivity contribution in [1.82, 2.24) is 9.62 Å². The van der Waals surface area contributed by atoms with Crippen LogP contribution < -0.4 is 5.32 Å². The Morgan fingerprint density at radius 3 is 2.78 bits per heavy atom. The van der Waals surface area contributed by atoms with Crippen molar-refractivity contribution in [3.05, 3.63) is 47.0 Å². The molecule has 0 spiro atoms. The van der Waals surface area contributed by atoms with Crippen molar-refractivity contribution in [3.63, 3.8) is 0 Å². The summed E-state index contributed by atoms with van der Waals surface area (Å²) in [6.07, 6.45) is 7.90. The zero-order valence-corrected chi connectivity index (χ0v) is 14.3. The monoisotopic (exact) mass is 334 g/mol. The number of carbonyl (C=O) groups is 1. The second-order valence-electron chi connectivity index (χ2n) is 6.32. The normalized spacial score (nSPS) is 22.1. The van der Waals surface area contributed by atoms with Crippen molar-refractivity contribution in [3.8, 4) is 0 Å². The van der Waals surface area contributed by atoms with Gasteiger partial charge in [-0.2, -0.15) is 4.31 Å². The molecule has 0 saturated heterocycles. The molecule has 0 radical (unpaired) electrons. The van der Waals surface area contributed by atoms with Crippen LogP contribution in [0.5, 0.6) is 0 Å². The molecular formula is C17H22N2O3S. The van der Waals surface area contributed by atoms with E-state index in [1.165, 1.54) is 21.9 Å². The van der Waals surface area contributed by atoms with E-state index in [9.17, 15) is 13.2 Å². The Labute approximate surface area is 137 Å². The highest BCUT2D eigenvalue weighted by Crippen LogP contribution is 2.25. The Morgan fingerprint density at radius 1 is 1.30 bits per heavy atom. The Morgan fingerprint density at radius 2 is 2.04 bits per heavy atom. The first-order valence-electron chi connectivity index (χ1n) is 7.92. The maximum Gasteiger partial charge on any atom is 0.242 e. The molecule has 2 atom stereocenters. The predicted molar refractivity (Wildman–Crippen MR) is 89.5 cm³/mol. The first-order chi connectivity index (χ1) is 10.9. The minimum atomic E-state index is -3.40. The number of benzene rings is 1. The molecule has 0 unspecified atom stereocenters. The van der Waals surface area contributed by atoms with E-state index in [0.717, 1.165) is 24.7 Å². The van der Waals surface area contributed by atoms with Gasteiger partial charge in [0.05, 0.1) is 12.3 Å². The molecule has 6 heteroatoms. The van der Waals surface area contributed by atoms with E-state index < -0.39 is 16.1 Å². The molecule has 0 saturated carbocycles. The molecule has 1 aliphatic heterocycles. The lowest BCUT2D eigenvalue weighted by Crippen LogP contribution is -2.46. The average Bonchev–Trinajstić information content (AvgIpc) is 3.14. The number of fused-ring (bicyclic) bond motifs is 1. The van der Waals surface area contributed by atoms with Crippen LogP contribution in [0, 0.1) is 0 Å². The fourth-order valence-electron chi connectivity index (χ4n) is 3.31. The molecule has 1 aromatic carbocycles. The molecule has 1 heterocycles. The van der Waals surface area contributed by atoms with Gasteiger partial charge in [0.1, 0.15) is 6.04 Å². The van der Waals surface area contributed by atoms with Crippen molar-refractivity contribution in [1.29, 1.82) is 0 Å². The third-order valence-corrected chi connectivity index (χ3v) is 5.82. The largest absolute Gasteiger partial charge is 0.348 e. The van der Waals surface area contributed by atoms with Gasteiger partial charge in [0.15, 0.2) is 0 Å². The van der Waals surface area contributed by atoms with Crippen LogP contribution in [-0.4, -0.2) is 37.5 Å². The van der Waals surface area contributed by atoms with E-state index >= 15 is 0 Å². The van der Waals surface area contributed by atoms with Crippen LogP contribution in [-0.2, 0) is 27.7 Å². The summed E-state index contributed by atoms with van der Waals surface area (Å²) < 4.78 is 24.7.